The fourth-order valence-corrected chi connectivity index (χ4v) is 3.51. The van der Waals surface area contributed by atoms with E-state index in [4.69, 9.17) is 4.74 Å². The summed E-state index contributed by atoms with van der Waals surface area (Å²) in [6.45, 7) is 6.29. The summed E-state index contributed by atoms with van der Waals surface area (Å²) in [5.74, 6) is 1.93. The van der Waals surface area contributed by atoms with Crippen molar-refractivity contribution in [2.75, 3.05) is 7.11 Å². The molecule has 1 fully saturated rings. The van der Waals surface area contributed by atoms with E-state index in [9.17, 15) is 4.79 Å². The molecule has 1 aromatic rings. The highest BCUT2D eigenvalue weighted by Crippen LogP contribution is 2.36. The van der Waals surface area contributed by atoms with Crippen LogP contribution in [-0.2, 0) is 0 Å². The van der Waals surface area contributed by atoms with Crippen molar-refractivity contribution in [3.05, 3.63) is 28.8 Å². The summed E-state index contributed by atoms with van der Waals surface area (Å²) in [6.07, 6.45) is 5.73. The van der Waals surface area contributed by atoms with Crippen LogP contribution >= 0.6 is 0 Å². The summed E-state index contributed by atoms with van der Waals surface area (Å²) in [6, 6.07) is 4.05. The number of hydrogen-bond donors (Lipinski definition) is 0. The molecular formula is C18H26O2. The molecule has 0 aliphatic heterocycles. The molecular weight excluding hydrogens is 248 g/mol. The van der Waals surface area contributed by atoms with E-state index in [2.05, 4.69) is 13.0 Å². The van der Waals surface area contributed by atoms with Gasteiger partial charge in [-0.2, -0.15) is 0 Å². The maximum absolute atomic E-state index is 12.9. The van der Waals surface area contributed by atoms with Gasteiger partial charge in [0.25, 0.3) is 0 Å². The van der Waals surface area contributed by atoms with Crippen molar-refractivity contribution in [2.24, 2.45) is 11.8 Å². The molecule has 2 unspecified atom stereocenters. The molecule has 2 nitrogen and oxygen atoms in total. The average molecular weight is 274 g/mol. The Kier molecular flexibility index (Phi) is 4.85. The lowest BCUT2D eigenvalue weighted by molar-refractivity contribution is 0.0858. The SMILES string of the molecule is CCC1CCCC(C(=O)c2c(C)cc(C)cc2OC)C1. The lowest BCUT2D eigenvalue weighted by Crippen LogP contribution is -2.24. The molecule has 0 heterocycles. The summed E-state index contributed by atoms with van der Waals surface area (Å²) in [5.41, 5.74) is 3.00. The smallest absolute Gasteiger partial charge is 0.169 e. The van der Waals surface area contributed by atoms with Gasteiger partial charge in [-0.3, -0.25) is 4.79 Å². The molecule has 2 atom stereocenters. The number of ether oxygens (including phenoxy) is 1. The molecule has 0 amide bonds. The zero-order valence-electron chi connectivity index (χ0n) is 13.2. The Bertz CT molecular complexity index is 490. The van der Waals surface area contributed by atoms with E-state index in [0.29, 0.717) is 0 Å². The topological polar surface area (TPSA) is 26.3 Å². The first-order valence-corrected chi connectivity index (χ1v) is 7.76. The Balaban J connectivity index is 2.29. The minimum absolute atomic E-state index is 0.184. The molecule has 1 saturated carbocycles. The van der Waals surface area contributed by atoms with Crippen molar-refractivity contribution in [1.29, 1.82) is 0 Å². The summed E-state index contributed by atoms with van der Waals surface area (Å²) >= 11 is 0. The maximum Gasteiger partial charge on any atom is 0.169 e. The third-order valence-corrected chi connectivity index (χ3v) is 4.64. The van der Waals surface area contributed by atoms with Gasteiger partial charge in [-0.25, -0.2) is 0 Å². The van der Waals surface area contributed by atoms with E-state index < -0.39 is 0 Å². The first kappa shape index (κ1) is 15.1. The van der Waals surface area contributed by atoms with Crippen LogP contribution in [0.25, 0.3) is 0 Å². The summed E-state index contributed by atoms with van der Waals surface area (Å²) < 4.78 is 5.45. The van der Waals surface area contributed by atoms with Gasteiger partial charge in [0.2, 0.25) is 0 Å². The predicted molar refractivity (Wildman–Crippen MR) is 82.5 cm³/mol. The highest BCUT2D eigenvalue weighted by atomic mass is 16.5. The molecule has 110 valence electrons. The number of Topliss-reactive ketones (excluding diaryl/α,β-unsaturated/α-hetero) is 1. The van der Waals surface area contributed by atoms with Gasteiger partial charge in [0.1, 0.15) is 5.75 Å². The maximum atomic E-state index is 12.9. The van der Waals surface area contributed by atoms with Gasteiger partial charge in [-0.05, 0) is 49.8 Å². The fraction of sp³-hybridized carbons (Fsp3) is 0.611. The van der Waals surface area contributed by atoms with Crippen LogP contribution in [0.5, 0.6) is 5.75 Å². The zero-order chi connectivity index (χ0) is 14.7. The molecule has 0 aromatic heterocycles. The van der Waals surface area contributed by atoms with Crippen LogP contribution in [0.2, 0.25) is 0 Å². The Morgan fingerprint density at radius 2 is 2.05 bits per heavy atom. The lowest BCUT2D eigenvalue weighted by atomic mass is 9.76. The standard InChI is InChI=1S/C18H26O2/c1-5-14-7-6-8-15(11-14)18(19)17-13(3)9-12(2)10-16(17)20-4/h9-10,14-15H,5-8,11H2,1-4H3. The fourth-order valence-electron chi connectivity index (χ4n) is 3.51. The molecule has 0 bridgehead atoms. The van der Waals surface area contributed by atoms with Crippen molar-refractivity contribution < 1.29 is 9.53 Å². The third kappa shape index (κ3) is 3.05. The normalized spacial score (nSPS) is 22.6. The van der Waals surface area contributed by atoms with Gasteiger partial charge in [-0.15, -0.1) is 0 Å². The number of carbonyl (C=O) groups excluding carboxylic acids is 1. The first-order valence-electron chi connectivity index (χ1n) is 7.76. The van der Waals surface area contributed by atoms with E-state index in [0.717, 1.165) is 41.2 Å². The van der Waals surface area contributed by atoms with Gasteiger partial charge in [0, 0.05) is 5.92 Å². The van der Waals surface area contributed by atoms with Crippen LogP contribution < -0.4 is 4.74 Å². The monoisotopic (exact) mass is 274 g/mol. The van der Waals surface area contributed by atoms with Gasteiger partial charge in [0.05, 0.1) is 12.7 Å². The minimum Gasteiger partial charge on any atom is -0.496 e. The predicted octanol–water partition coefficient (Wildman–Crippen LogP) is 4.71. The van der Waals surface area contributed by atoms with E-state index in [-0.39, 0.29) is 11.7 Å². The van der Waals surface area contributed by atoms with Crippen molar-refractivity contribution in [3.8, 4) is 5.75 Å². The van der Waals surface area contributed by atoms with E-state index in [1.807, 2.05) is 19.9 Å². The number of benzene rings is 1. The molecule has 0 saturated heterocycles. The number of ketones is 1. The van der Waals surface area contributed by atoms with Crippen molar-refractivity contribution in [1.82, 2.24) is 0 Å². The quantitative estimate of drug-likeness (QED) is 0.743. The molecule has 1 aliphatic carbocycles. The molecule has 20 heavy (non-hydrogen) atoms. The van der Waals surface area contributed by atoms with Gasteiger partial charge >= 0.3 is 0 Å². The Morgan fingerprint density at radius 1 is 1.30 bits per heavy atom. The highest BCUT2D eigenvalue weighted by molar-refractivity contribution is 6.01. The number of carbonyl (C=O) groups is 1. The Hall–Kier alpha value is -1.31. The number of methoxy groups -OCH3 is 1. The second-order valence-electron chi connectivity index (χ2n) is 6.16. The van der Waals surface area contributed by atoms with Crippen molar-refractivity contribution in [2.45, 2.75) is 52.9 Å². The largest absolute Gasteiger partial charge is 0.496 e. The van der Waals surface area contributed by atoms with Crippen LogP contribution in [0.4, 0.5) is 0 Å². The van der Waals surface area contributed by atoms with Crippen molar-refractivity contribution >= 4 is 5.78 Å². The first-order chi connectivity index (χ1) is 9.56. The Morgan fingerprint density at radius 3 is 2.70 bits per heavy atom. The minimum atomic E-state index is 0.184. The molecule has 1 aromatic carbocycles. The second-order valence-corrected chi connectivity index (χ2v) is 6.16. The van der Waals surface area contributed by atoms with E-state index in [1.54, 1.807) is 7.11 Å². The molecule has 0 radical (unpaired) electrons. The number of rotatable bonds is 4. The van der Waals surface area contributed by atoms with E-state index >= 15 is 0 Å². The molecule has 0 N–H and O–H groups in total. The summed E-state index contributed by atoms with van der Waals surface area (Å²) in [5, 5.41) is 0. The molecule has 2 rings (SSSR count). The molecule has 0 spiro atoms. The summed E-state index contributed by atoms with van der Waals surface area (Å²) in [4.78, 5) is 12.9. The zero-order valence-corrected chi connectivity index (χ0v) is 13.2. The van der Waals surface area contributed by atoms with Crippen LogP contribution in [-0.4, -0.2) is 12.9 Å². The van der Waals surface area contributed by atoms with Crippen LogP contribution in [0.1, 0.15) is 60.5 Å². The Labute approximate surface area is 122 Å². The van der Waals surface area contributed by atoms with Crippen LogP contribution in [0, 0.1) is 25.7 Å². The highest BCUT2D eigenvalue weighted by Gasteiger charge is 2.29. The van der Waals surface area contributed by atoms with Crippen LogP contribution in [0.15, 0.2) is 12.1 Å². The van der Waals surface area contributed by atoms with E-state index in [1.165, 1.54) is 19.3 Å². The molecule has 1 aliphatic rings. The van der Waals surface area contributed by atoms with Crippen LogP contribution in [0.3, 0.4) is 0 Å². The van der Waals surface area contributed by atoms with Crippen molar-refractivity contribution in [3.63, 3.8) is 0 Å². The number of hydrogen-bond acceptors (Lipinski definition) is 2. The molecule has 2 heteroatoms. The second kappa shape index (κ2) is 6.43. The third-order valence-electron chi connectivity index (χ3n) is 4.64. The van der Waals surface area contributed by atoms with Gasteiger partial charge in [0.15, 0.2) is 5.78 Å². The lowest BCUT2D eigenvalue weighted by Gasteiger charge is -2.28. The summed E-state index contributed by atoms with van der Waals surface area (Å²) in [7, 11) is 1.65. The average Bonchev–Trinajstić information content (AvgIpc) is 2.45. The number of aryl methyl sites for hydroxylation is 2. The van der Waals surface area contributed by atoms with Gasteiger partial charge in [-0.1, -0.05) is 32.3 Å². The van der Waals surface area contributed by atoms with Gasteiger partial charge < -0.3 is 4.74 Å².